The Bertz CT molecular complexity index is 1250. The molecule has 0 aliphatic heterocycles. The molecule has 0 unspecified atom stereocenters. The summed E-state index contributed by atoms with van der Waals surface area (Å²) in [7, 11) is 4.01. The number of halogens is 1. The number of ketones is 1. The maximum absolute atomic E-state index is 13.3. The number of pyridine rings is 1. The van der Waals surface area contributed by atoms with Crippen LogP contribution in [0.2, 0.25) is 0 Å². The first kappa shape index (κ1) is 17.9. The molecule has 2 aromatic heterocycles. The predicted octanol–water partition coefficient (Wildman–Crippen LogP) is 4.40. The van der Waals surface area contributed by atoms with Gasteiger partial charge in [0.25, 0.3) is 0 Å². The highest BCUT2D eigenvalue weighted by molar-refractivity contribution is 6.16. The summed E-state index contributed by atoms with van der Waals surface area (Å²) in [6.45, 7) is 0.778. The Kier molecular flexibility index (Phi) is 4.42. The minimum absolute atomic E-state index is 0.238. The van der Waals surface area contributed by atoms with Gasteiger partial charge in [0, 0.05) is 34.8 Å². The Morgan fingerprint density at radius 1 is 1.11 bits per heavy atom. The van der Waals surface area contributed by atoms with E-state index in [1.807, 2.05) is 36.8 Å². The molecular weight excluding hydrogens is 353 g/mol. The zero-order valence-corrected chi connectivity index (χ0v) is 15.6. The van der Waals surface area contributed by atoms with Crippen molar-refractivity contribution in [2.75, 3.05) is 14.1 Å². The summed E-state index contributed by atoms with van der Waals surface area (Å²) in [6, 6.07) is 17.0. The van der Waals surface area contributed by atoms with E-state index in [0.717, 1.165) is 28.5 Å². The van der Waals surface area contributed by atoms with E-state index in [1.165, 1.54) is 24.3 Å². The predicted molar refractivity (Wildman–Crippen MR) is 107 cm³/mol. The molecular formula is C23H18FN3O. The second-order valence-electron chi connectivity index (χ2n) is 7.12. The number of benzene rings is 2. The summed E-state index contributed by atoms with van der Waals surface area (Å²) in [4.78, 5) is 15.3. The second-order valence-corrected chi connectivity index (χ2v) is 7.12. The average Bonchev–Trinajstić information content (AvgIpc) is 3.08. The van der Waals surface area contributed by atoms with E-state index in [-0.39, 0.29) is 5.78 Å². The molecule has 0 spiro atoms. The van der Waals surface area contributed by atoms with Crippen LogP contribution in [0.4, 0.5) is 4.39 Å². The molecule has 4 rings (SSSR count). The zero-order chi connectivity index (χ0) is 19.8. The van der Waals surface area contributed by atoms with Crippen molar-refractivity contribution in [2.45, 2.75) is 6.54 Å². The van der Waals surface area contributed by atoms with Crippen molar-refractivity contribution in [2.24, 2.45) is 0 Å². The summed E-state index contributed by atoms with van der Waals surface area (Å²) in [5.41, 5.74) is 4.08. The van der Waals surface area contributed by atoms with E-state index < -0.39 is 5.82 Å². The molecule has 2 heterocycles. The minimum Gasteiger partial charge on any atom is -0.315 e. The highest BCUT2D eigenvalue weighted by atomic mass is 19.1. The summed E-state index contributed by atoms with van der Waals surface area (Å²) in [6.07, 6.45) is 2.02. The molecule has 5 heteroatoms. The van der Waals surface area contributed by atoms with Gasteiger partial charge in [-0.3, -0.25) is 4.79 Å². The van der Waals surface area contributed by atoms with E-state index in [9.17, 15) is 14.4 Å². The number of aromatic nitrogens is 1. The standard InChI is InChI=1S/C23H18FN3O/c1-26(2)13-16-10-20-8-5-18-9-15(12-25)11-21(22(18)27(20)14-16)23(28)17-3-6-19(24)7-4-17/h3-11,14H,13H2,1-2H3. The smallest absolute Gasteiger partial charge is 0.195 e. The van der Waals surface area contributed by atoms with Crippen LogP contribution >= 0.6 is 0 Å². The van der Waals surface area contributed by atoms with Gasteiger partial charge in [-0.25, -0.2) is 4.39 Å². The Morgan fingerprint density at radius 2 is 1.86 bits per heavy atom. The minimum atomic E-state index is -0.395. The largest absolute Gasteiger partial charge is 0.315 e. The van der Waals surface area contributed by atoms with E-state index >= 15 is 0 Å². The third kappa shape index (κ3) is 3.15. The van der Waals surface area contributed by atoms with Crippen molar-refractivity contribution < 1.29 is 9.18 Å². The van der Waals surface area contributed by atoms with Gasteiger partial charge in [0.15, 0.2) is 5.78 Å². The van der Waals surface area contributed by atoms with Crippen LogP contribution in [0.5, 0.6) is 0 Å². The monoisotopic (exact) mass is 371 g/mol. The Balaban J connectivity index is 1.99. The fraction of sp³-hybridized carbons (Fsp3) is 0.130. The lowest BCUT2D eigenvalue weighted by Gasteiger charge is -2.10. The number of hydrogen-bond donors (Lipinski definition) is 0. The molecule has 0 radical (unpaired) electrons. The first-order valence-electron chi connectivity index (χ1n) is 8.89. The van der Waals surface area contributed by atoms with E-state index in [4.69, 9.17) is 0 Å². The highest BCUT2D eigenvalue weighted by Crippen LogP contribution is 2.27. The molecule has 0 fully saturated rings. The third-order valence-electron chi connectivity index (χ3n) is 4.70. The highest BCUT2D eigenvalue weighted by Gasteiger charge is 2.17. The molecule has 138 valence electrons. The van der Waals surface area contributed by atoms with Crippen LogP contribution < -0.4 is 0 Å². The van der Waals surface area contributed by atoms with E-state index in [2.05, 4.69) is 17.0 Å². The fourth-order valence-electron chi connectivity index (χ4n) is 3.53. The van der Waals surface area contributed by atoms with Crippen molar-refractivity contribution in [1.82, 2.24) is 9.30 Å². The first-order chi connectivity index (χ1) is 13.5. The number of carbonyl (C=O) groups is 1. The van der Waals surface area contributed by atoms with Crippen molar-refractivity contribution in [1.29, 1.82) is 5.26 Å². The number of nitriles is 1. The van der Waals surface area contributed by atoms with Crippen LogP contribution in [0.15, 0.2) is 60.8 Å². The van der Waals surface area contributed by atoms with Gasteiger partial charge in [-0.05, 0) is 68.2 Å². The van der Waals surface area contributed by atoms with Crippen LogP contribution in [0.1, 0.15) is 27.0 Å². The molecule has 4 aromatic rings. The van der Waals surface area contributed by atoms with Crippen LogP contribution in [0.3, 0.4) is 0 Å². The van der Waals surface area contributed by atoms with Crippen LogP contribution in [0, 0.1) is 17.1 Å². The fourth-order valence-corrected chi connectivity index (χ4v) is 3.53. The molecule has 0 amide bonds. The third-order valence-corrected chi connectivity index (χ3v) is 4.70. The number of fused-ring (bicyclic) bond motifs is 3. The molecule has 0 aliphatic carbocycles. The maximum Gasteiger partial charge on any atom is 0.195 e. The van der Waals surface area contributed by atoms with Gasteiger partial charge in [-0.15, -0.1) is 0 Å². The first-order valence-corrected chi connectivity index (χ1v) is 8.89. The normalized spacial score (nSPS) is 11.2. The SMILES string of the molecule is CN(C)Cc1cc2ccc3cc(C#N)cc(C(=O)c4ccc(F)cc4)c3n2c1. The van der Waals surface area contributed by atoms with E-state index in [0.29, 0.717) is 16.7 Å². The van der Waals surface area contributed by atoms with Gasteiger partial charge in [0.05, 0.1) is 17.1 Å². The van der Waals surface area contributed by atoms with Crippen LogP contribution in [-0.4, -0.2) is 29.2 Å². The Hall–Kier alpha value is -3.49. The van der Waals surface area contributed by atoms with Crippen molar-refractivity contribution in [3.8, 4) is 6.07 Å². The van der Waals surface area contributed by atoms with Gasteiger partial charge < -0.3 is 9.30 Å². The topological polar surface area (TPSA) is 48.5 Å². The van der Waals surface area contributed by atoms with Crippen molar-refractivity contribution in [3.05, 3.63) is 88.9 Å². The Labute approximate surface area is 162 Å². The lowest BCUT2D eigenvalue weighted by atomic mass is 9.98. The van der Waals surface area contributed by atoms with Gasteiger partial charge in [0.1, 0.15) is 5.82 Å². The van der Waals surface area contributed by atoms with Crippen LogP contribution in [-0.2, 0) is 6.54 Å². The Morgan fingerprint density at radius 3 is 2.54 bits per heavy atom. The van der Waals surface area contributed by atoms with Gasteiger partial charge >= 0.3 is 0 Å². The quantitative estimate of drug-likeness (QED) is 0.500. The summed E-state index contributed by atoms with van der Waals surface area (Å²) in [5, 5.41) is 10.2. The van der Waals surface area contributed by atoms with Crippen molar-refractivity contribution >= 4 is 22.2 Å². The maximum atomic E-state index is 13.3. The molecule has 28 heavy (non-hydrogen) atoms. The van der Waals surface area contributed by atoms with Gasteiger partial charge in [-0.1, -0.05) is 6.07 Å². The van der Waals surface area contributed by atoms with E-state index in [1.54, 1.807) is 12.1 Å². The zero-order valence-electron chi connectivity index (χ0n) is 15.6. The van der Waals surface area contributed by atoms with Crippen LogP contribution in [0.25, 0.3) is 16.4 Å². The summed E-state index contributed by atoms with van der Waals surface area (Å²) in [5.74, 6) is -0.634. The molecule has 0 bridgehead atoms. The molecule has 0 aliphatic rings. The van der Waals surface area contributed by atoms with Crippen molar-refractivity contribution in [3.63, 3.8) is 0 Å². The molecule has 0 N–H and O–H groups in total. The molecule has 0 saturated carbocycles. The lowest BCUT2D eigenvalue weighted by Crippen LogP contribution is -2.09. The lowest BCUT2D eigenvalue weighted by molar-refractivity contribution is 0.104. The molecule has 0 saturated heterocycles. The number of nitrogens with zero attached hydrogens (tertiary/aromatic N) is 3. The number of rotatable bonds is 4. The summed E-state index contributed by atoms with van der Waals surface area (Å²) >= 11 is 0. The second kappa shape index (κ2) is 6.91. The summed E-state index contributed by atoms with van der Waals surface area (Å²) < 4.78 is 15.3. The van der Waals surface area contributed by atoms with Gasteiger partial charge in [-0.2, -0.15) is 5.26 Å². The molecule has 0 atom stereocenters. The molecule has 2 aromatic carbocycles. The average molecular weight is 371 g/mol. The number of hydrogen-bond acceptors (Lipinski definition) is 3. The molecule has 4 nitrogen and oxygen atoms in total. The number of carbonyl (C=O) groups excluding carboxylic acids is 1. The van der Waals surface area contributed by atoms with Gasteiger partial charge in [0.2, 0.25) is 0 Å².